The van der Waals surface area contributed by atoms with E-state index in [0.29, 0.717) is 22.9 Å². The van der Waals surface area contributed by atoms with Crippen molar-refractivity contribution in [2.24, 2.45) is 0 Å². The first-order valence-corrected chi connectivity index (χ1v) is 9.86. The standard InChI is InChI=1S/C23H17N3O6/c1-12-20(27)25-18-10-14(5-7-19(18)32-12)24-21(28)13-4-6-16-17(9-13)23(30)26(22(16)29)11-15-3-2-8-31-15/h2-10,12H,11H2,1H3,(H,24,28)(H,25,27)/t12-/m0/s1. The van der Waals surface area contributed by atoms with Gasteiger partial charge in [-0.15, -0.1) is 0 Å². The smallest absolute Gasteiger partial charge is 0.265 e. The Balaban J connectivity index is 1.35. The molecule has 3 aromatic rings. The van der Waals surface area contributed by atoms with Gasteiger partial charge in [0.15, 0.2) is 6.10 Å². The summed E-state index contributed by atoms with van der Waals surface area (Å²) in [6, 6.07) is 12.6. The SMILES string of the molecule is C[C@@H]1Oc2ccc(NC(=O)c3ccc4c(c3)C(=O)N(Cc3ccco3)C4=O)cc2NC1=O. The minimum Gasteiger partial charge on any atom is -0.479 e. The van der Waals surface area contributed by atoms with Gasteiger partial charge in [-0.1, -0.05) is 0 Å². The Bertz CT molecular complexity index is 1280. The number of nitrogens with zero attached hydrogens (tertiary/aromatic N) is 1. The maximum Gasteiger partial charge on any atom is 0.265 e. The molecule has 2 aliphatic rings. The highest BCUT2D eigenvalue weighted by atomic mass is 16.5. The van der Waals surface area contributed by atoms with E-state index in [9.17, 15) is 19.2 Å². The van der Waals surface area contributed by atoms with Crippen LogP contribution in [0.1, 0.15) is 43.8 Å². The maximum absolute atomic E-state index is 12.8. The second-order valence-corrected chi connectivity index (χ2v) is 7.45. The van der Waals surface area contributed by atoms with E-state index in [-0.39, 0.29) is 29.1 Å². The molecule has 2 N–H and O–H groups in total. The summed E-state index contributed by atoms with van der Waals surface area (Å²) in [6.07, 6.45) is 0.872. The molecule has 0 aliphatic carbocycles. The number of carbonyl (C=O) groups excluding carboxylic acids is 4. The number of rotatable bonds is 4. The van der Waals surface area contributed by atoms with Gasteiger partial charge in [-0.3, -0.25) is 24.1 Å². The van der Waals surface area contributed by atoms with E-state index >= 15 is 0 Å². The number of hydrogen-bond acceptors (Lipinski definition) is 6. The number of benzene rings is 2. The van der Waals surface area contributed by atoms with Crippen molar-refractivity contribution in [2.75, 3.05) is 10.6 Å². The van der Waals surface area contributed by atoms with Crippen molar-refractivity contribution in [1.82, 2.24) is 4.90 Å². The molecule has 0 fully saturated rings. The lowest BCUT2D eigenvalue weighted by Crippen LogP contribution is -2.34. The Morgan fingerprint density at radius 2 is 1.88 bits per heavy atom. The van der Waals surface area contributed by atoms with E-state index in [0.717, 1.165) is 4.90 Å². The van der Waals surface area contributed by atoms with Crippen molar-refractivity contribution in [3.05, 3.63) is 77.2 Å². The second-order valence-electron chi connectivity index (χ2n) is 7.45. The molecule has 160 valence electrons. The van der Waals surface area contributed by atoms with Gasteiger partial charge in [-0.25, -0.2) is 0 Å². The molecule has 0 unspecified atom stereocenters. The van der Waals surface area contributed by atoms with Crippen molar-refractivity contribution < 1.29 is 28.3 Å². The zero-order valence-corrected chi connectivity index (χ0v) is 16.9. The number of furan rings is 1. The number of imide groups is 1. The van der Waals surface area contributed by atoms with Crippen LogP contribution in [0.4, 0.5) is 11.4 Å². The number of ether oxygens (including phenoxy) is 1. The minimum absolute atomic E-state index is 0.0163. The molecular weight excluding hydrogens is 414 g/mol. The van der Waals surface area contributed by atoms with Crippen LogP contribution in [0, 0.1) is 0 Å². The lowest BCUT2D eigenvalue weighted by Gasteiger charge is -2.23. The van der Waals surface area contributed by atoms with Crippen LogP contribution in [0.25, 0.3) is 0 Å². The molecule has 5 rings (SSSR count). The summed E-state index contributed by atoms with van der Waals surface area (Å²) in [5, 5.41) is 5.45. The molecule has 2 aliphatic heterocycles. The molecular formula is C23H17N3O6. The van der Waals surface area contributed by atoms with Crippen LogP contribution in [0.2, 0.25) is 0 Å². The van der Waals surface area contributed by atoms with Gasteiger partial charge < -0.3 is 19.8 Å². The van der Waals surface area contributed by atoms with E-state index < -0.39 is 23.8 Å². The summed E-state index contributed by atoms with van der Waals surface area (Å²) < 4.78 is 10.7. The summed E-state index contributed by atoms with van der Waals surface area (Å²) in [5.74, 6) is -0.675. The number of amides is 4. The quantitative estimate of drug-likeness (QED) is 0.613. The normalized spacial score (nSPS) is 16.8. The topological polar surface area (TPSA) is 118 Å². The summed E-state index contributed by atoms with van der Waals surface area (Å²) >= 11 is 0. The van der Waals surface area contributed by atoms with Crippen molar-refractivity contribution in [1.29, 1.82) is 0 Å². The molecule has 9 heteroatoms. The van der Waals surface area contributed by atoms with E-state index in [1.807, 2.05) is 0 Å². The van der Waals surface area contributed by atoms with E-state index in [1.165, 1.54) is 24.5 Å². The van der Waals surface area contributed by atoms with Crippen LogP contribution in [0.5, 0.6) is 5.75 Å². The van der Waals surface area contributed by atoms with Gasteiger partial charge in [0, 0.05) is 11.3 Å². The second kappa shape index (κ2) is 7.38. The Kier molecular flexibility index (Phi) is 4.51. The average molecular weight is 431 g/mol. The van der Waals surface area contributed by atoms with Crippen molar-refractivity contribution in [2.45, 2.75) is 19.6 Å². The fourth-order valence-corrected chi connectivity index (χ4v) is 3.62. The van der Waals surface area contributed by atoms with Crippen LogP contribution >= 0.6 is 0 Å². The highest BCUT2D eigenvalue weighted by Crippen LogP contribution is 2.32. The van der Waals surface area contributed by atoms with Crippen molar-refractivity contribution >= 4 is 35.0 Å². The molecule has 3 heterocycles. The monoisotopic (exact) mass is 431 g/mol. The van der Waals surface area contributed by atoms with Crippen LogP contribution in [0.3, 0.4) is 0 Å². The first kappa shape index (κ1) is 19.6. The maximum atomic E-state index is 12.8. The van der Waals surface area contributed by atoms with Gasteiger partial charge >= 0.3 is 0 Å². The van der Waals surface area contributed by atoms with Gasteiger partial charge in [0.25, 0.3) is 23.6 Å². The number of carbonyl (C=O) groups is 4. The Labute approximate surface area is 182 Å². The molecule has 1 aromatic heterocycles. The molecule has 0 radical (unpaired) electrons. The third-order valence-corrected chi connectivity index (χ3v) is 5.30. The Morgan fingerprint density at radius 3 is 2.66 bits per heavy atom. The highest BCUT2D eigenvalue weighted by molar-refractivity contribution is 6.22. The zero-order valence-electron chi connectivity index (χ0n) is 16.9. The molecule has 1 atom stereocenters. The molecule has 2 aromatic carbocycles. The molecule has 0 spiro atoms. The molecule has 9 nitrogen and oxygen atoms in total. The molecule has 4 amide bonds. The molecule has 0 saturated heterocycles. The van der Waals surface area contributed by atoms with Crippen LogP contribution in [0.15, 0.2) is 59.2 Å². The zero-order chi connectivity index (χ0) is 22.4. The van der Waals surface area contributed by atoms with Gasteiger partial charge in [-0.2, -0.15) is 0 Å². The Hall–Kier alpha value is -4.40. The molecule has 0 bridgehead atoms. The van der Waals surface area contributed by atoms with Crippen LogP contribution in [-0.4, -0.2) is 34.6 Å². The van der Waals surface area contributed by atoms with Gasteiger partial charge in [-0.05, 0) is 55.5 Å². The summed E-state index contributed by atoms with van der Waals surface area (Å²) in [6.45, 7) is 1.66. The van der Waals surface area contributed by atoms with Crippen LogP contribution < -0.4 is 15.4 Å². The summed E-state index contributed by atoms with van der Waals surface area (Å²) in [7, 11) is 0. The lowest BCUT2D eigenvalue weighted by atomic mass is 10.1. The van der Waals surface area contributed by atoms with E-state index in [1.54, 1.807) is 37.3 Å². The number of fused-ring (bicyclic) bond motifs is 2. The predicted octanol–water partition coefficient (Wildman–Crippen LogP) is 3.05. The van der Waals surface area contributed by atoms with Crippen molar-refractivity contribution in [3.63, 3.8) is 0 Å². The van der Waals surface area contributed by atoms with E-state index in [4.69, 9.17) is 9.15 Å². The summed E-state index contributed by atoms with van der Waals surface area (Å²) in [5.41, 5.74) is 1.51. The number of hydrogen-bond donors (Lipinski definition) is 2. The first-order valence-electron chi connectivity index (χ1n) is 9.86. The fraction of sp³-hybridized carbons (Fsp3) is 0.130. The van der Waals surface area contributed by atoms with Crippen molar-refractivity contribution in [3.8, 4) is 5.75 Å². The van der Waals surface area contributed by atoms with Gasteiger partial charge in [0.2, 0.25) is 0 Å². The predicted molar refractivity (Wildman–Crippen MR) is 112 cm³/mol. The largest absolute Gasteiger partial charge is 0.479 e. The number of nitrogens with one attached hydrogen (secondary N) is 2. The van der Waals surface area contributed by atoms with Crippen LogP contribution in [-0.2, 0) is 11.3 Å². The fourth-order valence-electron chi connectivity index (χ4n) is 3.62. The minimum atomic E-state index is -0.595. The lowest BCUT2D eigenvalue weighted by molar-refractivity contribution is -0.122. The average Bonchev–Trinajstić information content (AvgIpc) is 3.37. The number of anilines is 2. The van der Waals surface area contributed by atoms with Gasteiger partial charge in [0.1, 0.15) is 11.5 Å². The highest BCUT2D eigenvalue weighted by Gasteiger charge is 2.36. The summed E-state index contributed by atoms with van der Waals surface area (Å²) in [4.78, 5) is 51.0. The molecule has 0 saturated carbocycles. The first-order chi connectivity index (χ1) is 15.4. The van der Waals surface area contributed by atoms with Gasteiger partial charge in [0.05, 0.1) is 29.6 Å². The Morgan fingerprint density at radius 1 is 1.06 bits per heavy atom. The third-order valence-electron chi connectivity index (χ3n) is 5.30. The van der Waals surface area contributed by atoms with E-state index in [2.05, 4.69) is 10.6 Å². The molecule has 32 heavy (non-hydrogen) atoms. The third kappa shape index (κ3) is 3.29.